The van der Waals surface area contributed by atoms with E-state index in [0.717, 1.165) is 39.0 Å². The number of hydrogen-bond acceptors (Lipinski definition) is 4. The van der Waals surface area contributed by atoms with E-state index in [2.05, 4.69) is 59.7 Å². The number of ether oxygens (including phenoxy) is 1. The molecular weight excluding hydrogens is 430 g/mol. The topological polar surface area (TPSA) is 19.0 Å². The Morgan fingerprint density at radius 2 is 1.73 bits per heavy atom. The number of rotatable bonds is 7. The molecule has 1 aliphatic carbocycles. The predicted octanol–water partition coefficient (Wildman–Crippen LogP) is 6.24. The Balaban J connectivity index is 0.00000306. The Labute approximate surface area is 208 Å². The first-order chi connectivity index (χ1) is 15.5. The molecule has 0 atom stereocenters. The van der Waals surface area contributed by atoms with Crippen LogP contribution in [0.15, 0.2) is 24.3 Å². The molecule has 0 amide bonds. The number of piperidine rings is 1. The summed E-state index contributed by atoms with van der Waals surface area (Å²) in [5.41, 5.74) is 6.36. The molecule has 2 aliphatic heterocycles. The molecule has 0 spiro atoms. The zero-order valence-electron chi connectivity index (χ0n) is 21.4. The second-order valence-electron chi connectivity index (χ2n) is 10.9. The molecule has 2 fully saturated rings. The van der Waals surface area contributed by atoms with Crippen LogP contribution >= 0.6 is 12.4 Å². The van der Waals surface area contributed by atoms with Crippen LogP contribution in [0.25, 0.3) is 5.57 Å². The van der Waals surface area contributed by atoms with Crippen LogP contribution in [0.2, 0.25) is 0 Å². The van der Waals surface area contributed by atoms with Crippen LogP contribution in [0.5, 0.6) is 0 Å². The fourth-order valence-corrected chi connectivity index (χ4v) is 5.52. The maximum absolute atomic E-state index is 5.60. The monoisotopic (exact) mass is 475 g/mol. The molecule has 3 aliphatic rings. The van der Waals surface area contributed by atoms with Crippen LogP contribution < -0.4 is 9.80 Å². The highest BCUT2D eigenvalue weighted by Gasteiger charge is 2.26. The van der Waals surface area contributed by atoms with Crippen LogP contribution in [0.1, 0.15) is 71.3 Å². The minimum Gasteiger partial charge on any atom is -0.381 e. The third-order valence-corrected chi connectivity index (χ3v) is 7.98. The Kier molecular flexibility index (Phi) is 9.55. The van der Waals surface area contributed by atoms with Crippen molar-refractivity contribution in [3.05, 3.63) is 29.8 Å². The third-order valence-electron chi connectivity index (χ3n) is 7.98. The average molecular weight is 476 g/mol. The van der Waals surface area contributed by atoms with Crippen molar-refractivity contribution in [3.63, 3.8) is 0 Å². The van der Waals surface area contributed by atoms with Gasteiger partial charge in [-0.2, -0.15) is 0 Å². The summed E-state index contributed by atoms with van der Waals surface area (Å²) < 4.78 is 5.60. The summed E-state index contributed by atoms with van der Waals surface area (Å²) in [6.45, 7) is 15.2. The zero-order valence-corrected chi connectivity index (χ0v) is 22.3. The molecule has 4 nitrogen and oxygen atoms in total. The molecule has 0 radical (unpaired) electrons. The molecular formula is C28H46ClN3O. The van der Waals surface area contributed by atoms with Gasteiger partial charge >= 0.3 is 0 Å². The van der Waals surface area contributed by atoms with Gasteiger partial charge in [0.2, 0.25) is 0 Å². The van der Waals surface area contributed by atoms with Crippen molar-refractivity contribution in [2.24, 2.45) is 5.41 Å². The number of methoxy groups -OCH3 is 1. The quantitative estimate of drug-likeness (QED) is 0.464. The van der Waals surface area contributed by atoms with Crippen LogP contribution in [-0.2, 0) is 4.74 Å². The second-order valence-corrected chi connectivity index (χ2v) is 10.9. The Morgan fingerprint density at radius 1 is 1.00 bits per heavy atom. The van der Waals surface area contributed by atoms with Crippen LogP contribution in [-0.4, -0.2) is 63.9 Å². The van der Waals surface area contributed by atoms with Gasteiger partial charge in [-0.15, -0.1) is 12.4 Å². The van der Waals surface area contributed by atoms with Gasteiger partial charge in [-0.3, -0.25) is 4.90 Å². The summed E-state index contributed by atoms with van der Waals surface area (Å²) in [5, 5.41) is 0. The minimum absolute atomic E-state index is 0. The van der Waals surface area contributed by atoms with Gasteiger partial charge in [-0.05, 0) is 74.3 Å². The number of piperazine rings is 1. The van der Waals surface area contributed by atoms with E-state index in [0.29, 0.717) is 11.5 Å². The molecule has 186 valence electrons. The summed E-state index contributed by atoms with van der Waals surface area (Å²) in [5.74, 6) is 0. The fraction of sp³-hybridized carbons (Fsp3) is 0.714. The molecule has 0 unspecified atom stereocenters. The molecule has 0 aromatic heterocycles. The molecule has 33 heavy (non-hydrogen) atoms. The summed E-state index contributed by atoms with van der Waals surface area (Å²) in [4.78, 5) is 7.87. The first kappa shape index (κ1) is 26.4. The lowest BCUT2D eigenvalue weighted by Gasteiger charge is -2.39. The van der Waals surface area contributed by atoms with Crippen molar-refractivity contribution in [3.8, 4) is 0 Å². The van der Waals surface area contributed by atoms with Gasteiger partial charge in [0.15, 0.2) is 0 Å². The van der Waals surface area contributed by atoms with E-state index in [9.17, 15) is 0 Å². The number of benzene rings is 1. The van der Waals surface area contributed by atoms with Crippen molar-refractivity contribution < 1.29 is 4.74 Å². The normalized spacial score (nSPS) is 22.1. The van der Waals surface area contributed by atoms with Crippen LogP contribution in [0.3, 0.4) is 0 Å². The van der Waals surface area contributed by atoms with Crippen LogP contribution in [0, 0.1) is 5.41 Å². The van der Waals surface area contributed by atoms with E-state index >= 15 is 0 Å². The van der Waals surface area contributed by atoms with E-state index in [1.165, 1.54) is 68.7 Å². The number of anilines is 2. The lowest BCUT2D eigenvalue weighted by atomic mass is 9.76. The van der Waals surface area contributed by atoms with E-state index in [4.69, 9.17) is 4.74 Å². The van der Waals surface area contributed by atoms with Gasteiger partial charge in [0.05, 0.1) is 6.10 Å². The van der Waals surface area contributed by atoms with Gasteiger partial charge in [-0.25, -0.2) is 0 Å². The summed E-state index contributed by atoms with van der Waals surface area (Å²) in [6.07, 6.45) is 11.5. The van der Waals surface area contributed by atoms with Gasteiger partial charge in [0.1, 0.15) is 0 Å². The fourth-order valence-electron chi connectivity index (χ4n) is 5.52. The van der Waals surface area contributed by atoms with Crippen molar-refractivity contribution >= 4 is 29.4 Å². The Hall–Kier alpha value is -1.23. The highest BCUT2D eigenvalue weighted by molar-refractivity contribution is 5.85. The van der Waals surface area contributed by atoms with E-state index in [-0.39, 0.29) is 12.4 Å². The maximum Gasteiger partial charge on any atom is 0.0605 e. The van der Waals surface area contributed by atoms with Crippen LogP contribution in [0.4, 0.5) is 11.4 Å². The number of hydrogen-bond donors (Lipinski definition) is 0. The summed E-state index contributed by atoms with van der Waals surface area (Å²) in [6, 6.07) is 7.31. The van der Waals surface area contributed by atoms with Crippen molar-refractivity contribution in [2.45, 2.75) is 71.8 Å². The molecule has 2 saturated heterocycles. The lowest BCUT2D eigenvalue weighted by molar-refractivity contribution is 0.0819. The Bertz CT molecular complexity index is 777. The van der Waals surface area contributed by atoms with Crippen molar-refractivity contribution in [1.29, 1.82) is 0 Å². The number of nitrogens with zero attached hydrogens (tertiary/aromatic N) is 3. The number of halogens is 1. The molecule has 1 aromatic carbocycles. The standard InChI is InChI=1S/C28H45N3O.ClH/c1-5-6-15-29-18-20-31(21-19-29)27-8-7-24(30-16-11-25(32-4)12-17-30)22-26(27)23-9-13-28(2,3)14-10-23;/h7-9,22,25H,5-6,10-21H2,1-4H3;1H. The molecule has 0 N–H and O–H groups in total. The van der Waals surface area contributed by atoms with Gasteiger partial charge in [0.25, 0.3) is 0 Å². The maximum atomic E-state index is 5.60. The molecule has 4 rings (SSSR count). The summed E-state index contributed by atoms with van der Waals surface area (Å²) >= 11 is 0. The minimum atomic E-state index is 0. The van der Waals surface area contributed by atoms with Gasteiger partial charge in [-0.1, -0.05) is 33.3 Å². The molecule has 1 aromatic rings. The smallest absolute Gasteiger partial charge is 0.0605 e. The first-order valence-electron chi connectivity index (χ1n) is 13.1. The second kappa shape index (κ2) is 12.0. The zero-order chi connectivity index (χ0) is 22.6. The van der Waals surface area contributed by atoms with Crippen molar-refractivity contribution in [2.75, 3.05) is 62.7 Å². The number of allylic oxidation sites excluding steroid dienone is 2. The SMILES string of the molecule is CCCCN1CCN(c2ccc(N3CCC(OC)CC3)cc2C2=CCC(C)(C)CC2)CC1.Cl. The van der Waals surface area contributed by atoms with E-state index < -0.39 is 0 Å². The lowest BCUT2D eigenvalue weighted by Crippen LogP contribution is -2.47. The van der Waals surface area contributed by atoms with E-state index in [1.807, 2.05) is 7.11 Å². The average Bonchev–Trinajstić information content (AvgIpc) is 2.83. The largest absolute Gasteiger partial charge is 0.381 e. The molecule has 2 heterocycles. The van der Waals surface area contributed by atoms with Crippen molar-refractivity contribution in [1.82, 2.24) is 4.90 Å². The highest BCUT2D eigenvalue weighted by atomic mass is 35.5. The third kappa shape index (κ3) is 6.68. The Morgan fingerprint density at radius 3 is 2.33 bits per heavy atom. The molecule has 5 heteroatoms. The summed E-state index contributed by atoms with van der Waals surface area (Å²) in [7, 11) is 1.85. The van der Waals surface area contributed by atoms with Gasteiger partial charge < -0.3 is 14.5 Å². The first-order valence-corrected chi connectivity index (χ1v) is 13.1. The molecule has 0 saturated carbocycles. The van der Waals surface area contributed by atoms with Gasteiger partial charge in [0, 0.05) is 63.3 Å². The van der Waals surface area contributed by atoms with E-state index in [1.54, 1.807) is 5.57 Å². The highest BCUT2D eigenvalue weighted by Crippen LogP contribution is 2.42. The molecule has 0 bridgehead atoms. The number of unbranched alkanes of at least 4 members (excludes halogenated alkanes) is 1. The predicted molar refractivity (Wildman–Crippen MR) is 145 cm³/mol.